The highest BCUT2D eigenvalue weighted by molar-refractivity contribution is 6.04. The number of fused-ring (bicyclic) bond motifs is 1. The van der Waals surface area contributed by atoms with Crippen LogP contribution in [0, 0.1) is 13.8 Å². The lowest BCUT2D eigenvalue weighted by Crippen LogP contribution is -2.15. The normalized spacial score (nSPS) is 11.2. The van der Waals surface area contributed by atoms with Crippen LogP contribution in [0.15, 0.2) is 67.2 Å². The fraction of sp³-hybridized carbons (Fsp3) is 0.233. The highest BCUT2D eigenvalue weighted by Gasteiger charge is 2.13. The smallest absolute Gasteiger partial charge is 0.255 e. The van der Waals surface area contributed by atoms with Crippen LogP contribution in [0.25, 0.3) is 16.6 Å². The number of carbonyl (C=O) groups is 1. The maximum Gasteiger partial charge on any atom is 0.255 e. The van der Waals surface area contributed by atoms with Gasteiger partial charge in [-0.1, -0.05) is 6.58 Å². The molecule has 0 aliphatic rings. The van der Waals surface area contributed by atoms with E-state index >= 15 is 0 Å². The topological polar surface area (TPSA) is 92.8 Å². The first kappa shape index (κ1) is 25.9. The largest absolute Gasteiger partial charge is 0.507 e. The van der Waals surface area contributed by atoms with Crippen molar-refractivity contribution in [2.75, 3.05) is 26.0 Å². The fourth-order valence-corrected chi connectivity index (χ4v) is 4.42. The Morgan fingerprint density at radius 2 is 1.76 bits per heavy atom. The number of hydrogen-bond donors (Lipinski definition) is 3. The van der Waals surface area contributed by atoms with E-state index < -0.39 is 0 Å². The molecule has 7 nitrogen and oxygen atoms in total. The number of carbonyl (C=O) groups excluding carboxylic acids is 1. The average molecular weight is 499 g/mol. The van der Waals surface area contributed by atoms with E-state index in [1.54, 1.807) is 36.4 Å². The van der Waals surface area contributed by atoms with Gasteiger partial charge in [-0.25, -0.2) is 0 Å². The maximum atomic E-state index is 12.7. The fourth-order valence-electron chi connectivity index (χ4n) is 4.42. The Morgan fingerprint density at radius 3 is 2.41 bits per heavy atom. The Kier molecular flexibility index (Phi) is 7.55. The second-order valence-electron chi connectivity index (χ2n) is 9.54. The highest BCUT2D eigenvalue weighted by Crippen LogP contribution is 2.31. The van der Waals surface area contributed by atoms with Crippen molar-refractivity contribution >= 4 is 28.2 Å². The van der Waals surface area contributed by atoms with E-state index in [0.29, 0.717) is 22.6 Å². The van der Waals surface area contributed by atoms with E-state index in [1.807, 2.05) is 6.07 Å². The number of nitrogens with one attached hydrogen (secondary N) is 1. The number of aromatic nitrogens is 1. The van der Waals surface area contributed by atoms with E-state index in [4.69, 9.17) is 10.5 Å². The molecule has 1 heterocycles. The minimum absolute atomic E-state index is 0.0413. The number of hydrogen-bond acceptors (Lipinski definition) is 5. The van der Waals surface area contributed by atoms with Crippen LogP contribution in [0.1, 0.15) is 33.6 Å². The first-order chi connectivity index (χ1) is 17.6. The number of benzene rings is 3. The van der Waals surface area contributed by atoms with Crippen LogP contribution in [-0.2, 0) is 6.54 Å². The molecule has 4 aromatic rings. The molecule has 0 aliphatic heterocycles. The quantitative estimate of drug-likeness (QED) is 0.268. The molecule has 1 amide bonds. The first-order valence-corrected chi connectivity index (χ1v) is 12.2. The van der Waals surface area contributed by atoms with Crippen molar-refractivity contribution in [1.82, 2.24) is 9.47 Å². The predicted molar refractivity (Wildman–Crippen MR) is 150 cm³/mol. The van der Waals surface area contributed by atoms with Crippen LogP contribution in [0.5, 0.6) is 17.2 Å². The molecule has 4 N–H and O–H groups in total. The van der Waals surface area contributed by atoms with Gasteiger partial charge in [-0.05, 0) is 101 Å². The van der Waals surface area contributed by atoms with Crippen molar-refractivity contribution in [1.29, 1.82) is 0 Å². The number of phenols is 1. The second-order valence-corrected chi connectivity index (χ2v) is 9.54. The lowest BCUT2D eigenvalue weighted by atomic mass is 10.1. The van der Waals surface area contributed by atoms with Gasteiger partial charge < -0.3 is 30.4 Å². The van der Waals surface area contributed by atoms with Crippen molar-refractivity contribution in [3.05, 3.63) is 89.6 Å². The molecule has 0 radical (unpaired) electrons. The summed E-state index contributed by atoms with van der Waals surface area (Å²) in [6, 6.07) is 17.8. The molecule has 0 spiro atoms. The Hall–Kier alpha value is -4.23. The van der Waals surface area contributed by atoms with Crippen LogP contribution >= 0.6 is 0 Å². The molecular weight excluding hydrogens is 464 g/mol. The SMILES string of the molecule is C=C(N)c1ccc(NC(=O)c2ccc(Oc3ccc4c(c3)c(C)c(C)n4CCCN(C)C)cc2)cc1O. The number of ether oxygens (including phenoxy) is 1. The lowest BCUT2D eigenvalue weighted by Gasteiger charge is -2.12. The number of nitrogens with two attached hydrogens (primary N) is 1. The van der Waals surface area contributed by atoms with Crippen molar-refractivity contribution in [2.45, 2.75) is 26.8 Å². The average Bonchev–Trinajstić information content (AvgIpc) is 3.08. The minimum atomic E-state index is -0.298. The number of amides is 1. The number of aromatic hydroxyl groups is 1. The first-order valence-electron chi connectivity index (χ1n) is 12.2. The van der Waals surface area contributed by atoms with Crippen molar-refractivity contribution in [3.8, 4) is 17.2 Å². The summed E-state index contributed by atoms with van der Waals surface area (Å²) >= 11 is 0. The van der Waals surface area contributed by atoms with Crippen LogP contribution in [-0.4, -0.2) is 41.1 Å². The van der Waals surface area contributed by atoms with Gasteiger partial charge in [0.25, 0.3) is 5.91 Å². The van der Waals surface area contributed by atoms with E-state index in [2.05, 4.69) is 61.4 Å². The third-order valence-electron chi connectivity index (χ3n) is 6.55. The molecule has 192 valence electrons. The summed E-state index contributed by atoms with van der Waals surface area (Å²) in [5, 5.41) is 14.0. The van der Waals surface area contributed by atoms with Gasteiger partial charge in [0.05, 0.1) is 0 Å². The van der Waals surface area contributed by atoms with Crippen LogP contribution in [0.4, 0.5) is 5.69 Å². The summed E-state index contributed by atoms with van der Waals surface area (Å²) < 4.78 is 8.49. The monoisotopic (exact) mass is 498 g/mol. The second kappa shape index (κ2) is 10.8. The predicted octanol–water partition coefficient (Wildman–Crippen LogP) is 5.89. The number of rotatable bonds is 9. The highest BCUT2D eigenvalue weighted by atomic mass is 16.5. The molecule has 0 aliphatic carbocycles. The van der Waals surface area contributed by atoms with Crippen molar-refractivity contribution in [2.24, 2.45) is 5.73 Å². The number of aryl methyl sites for hydroxylation is 2. The zero-order valence-corrected chi connectivity index (χ0v) is 21.8. The van der Waals surface area contributed by atoms with Gasteiger partial charge in [0.15, 0.2) is 0 Å². The van der Waals surface area contributed by atoms with Crippen LogP contribution in [0.2, 0.25) is 0 Å². The molecular formula is C30H34N4O3. The molecule has 0 saturated heterocycles. The molecule has 37 heavy (non-hydrogen) atoms. The molecule has 0 unspecified atom stereocenters. The Morgan fingerprint density at radius 1 is 1.05 bits per heavy atom. The minimum Gasteiger partial charge on any atom is -0.507 e. The summed E-state index contributed by atoms with van der Waals surface area (Å²) in [6.45, 7) is 9.96. The van der Waals surface area contributed by atoms with Crippen molar-refractivity contribution in [3.63, 3.8) is 0 Å². The van der Waals surface area contributed by atoms with Gasteiger partial charge in [0, 0.05) is 51.7 Å². The molecule has 7 heteroatoms. The number of phenolic OH excluding ortho intramolecular Hbond substituents is 1. The molecule has 1 aromatic heterocycles. The number of anilines is 1. The van der Waals surface area contributed by atoms with Gasteiger partial charge in [-0.15, -0.1) is 0 Å². The standard InChI is InChI=1S/C30H34N4O3/c1-19-21(3)34(16-6-15-33(4)5)28-14-12-25(18-27(19)28)37-24-10-7-22(8-11-24)30(36)32-23-9-13-26(20(2)31)29(35)17-23/h7-14,17-18,35H,2,6,15-16,31H2,1,3-5H3,(H,32,36). The zero-order chi connectivity index (χ0) is 26.7. The van der Waals surface area contributed by atoms with E-state index in [9.17, 15) is 9.90 Å². The molecule has 0 fully saturated rings. The Labute approximate surface area is 217 Å². The van der Waals surface area contributed by atoms with Gasteiger partial charge in [-0.2, -0.15) is 0 Å². The van der Waals surface area contributed by atoms with Gasteiger partial charge in [0.2, 0.25) is 0 Å². The van der Waals surface area contributed by atoms with Gasteiger partial charge >= 0.3 is 0 Å². The Bertz CT molecular complexity index is 1450. The molecule has 0 atom stereocenters. The van der Waals surface area contributed by atoms with E-state index in [1.165, 1.54) is 28.2 Å². The summed E-state index contributed by atoms with van der Waals surface area (Å²) in [5.74, 6) is 1.04. The number of nitrogens with zero attached hydrogens (tertiary/aromatic N) is 2. The zero-order valence-electron chi connectivity index (χ0n) is 21.8. The third-order valence-corrected chi connectivity index (χ3v) is 6.55. The molecule has 0 saturated carbocycles. The molecule has 0 bridgehead atoms. The summed E-state index contributed by atoms with van der Waals surface area (Å²) in [4.78, 5) is 14.9. The summed E-state index contributed by atoms with van der Waals surface area (Å²) in [7, 11) is 4.19. The van der Waals surface area contributed by atoms with Crippen LogP contribution < -0.4 is 15.8 Å². The lowest BCUT2D eigenvalue weighted by molar-refractivity contribution is 0.102. The molecule has 4 rings (SSSR count). The van der Waals surface area contributed by atoms with Gasteiger partial charge in [-0.3, -0.25) is 4.79 Å². The van der Waals surface area contributed by atoms with E-state index in [0.717, 1.165) is 25.3 Å². The molecule has 3 aromatic carbocycles. The summed E-state index contributed by atoms with van der Waals surface area (Å²) in [5.41, 5.74) is 11.0. The van der Waals surface area contributed by atoms with Gasteiger partial charge in [0.1, 0.15) is 17.2 Å². The Balaban J connectivity index is 1.45. The van der Waals surface area contributed by atoms with E-state index in [-0.39, 0.29) is 17.4 Å². The summed E-state index contributed by atoms with van der Waals surface area (Å²) in [6.07, 6.45) is 1.09. The third kappa shape index (κ3) is 5.78. The van der Waals surface area contributed by atoms with Crippen molar-refractivity contribution < 1.29 is 14.6 Å². The maximum absolute atomic E-state index is 12.7. The van der Waals surface area contributed by atoms with Crippen LogP contribution in [0.3, 0.4) is 0 Å².